The Balaban J connectivity index is 0.957. The molecule has 0 aliphatic heterocycles. The molecule has 0 bridgehead atoms. The molecule has 57 heavy (non-hydrogen) atoms. The Labute approximate surface area is 334 Å². The second kappa shape index (κ2) is 12.7. The summed E-state index contributed by atoms with van der Waals surface area (Å²) in [6.07, 6.45) is 0. The fourth-order valence-corrected chi connectivity index (χ4v) is 10.2. The van der Waals surface area contributed by atoms with E-state index in [0.29, 0.717) is 0 Å². The van der Waals surface area contributed by atoms with Crippen molar-refractivity contribution in [3.05, 3.63) is 206 Å². The molecule has 3 heteroatoms. The lowest BCUT2D eigenvalue weighted by Crippen LogP contribution is -2.09. The first-order valence-corrected chi connectivity index (χ1v) is 20.3. The van der Waals surface area contributed by atoms with Gasteiger partial charge in [0.15, 0.2) is 0 Å². The standard InChI is InChI=1S/C54H34N2S/c1-2-15-45-36(9-1)10-6-17-46(45)37-25-29-42(30-26-37)55(44-31-32-48-47-16-3-4-20-51(47)57-52(48)34-44)41-27-23-35(24-28-41)40-13-5-14-43(33-40)56-49-18-7-11-38-21-22-39-12-8-19-50(56)54(39)53(38)49/h1-34H. The molecule has 2 heterocycles. The van der Waals surface area contributed by atoms with Crippen LogP contribution in [0.5, 0.6) is 0 Å². The molecular formula is C54H34N2S. The van der Waals surface area contributed by atoms with Gasteiger partial charge in [-0.2, -0.15) is 0 Å². The van der Waals surface area contributed by atoms with Crippen molar-refractivity contribution in [2.45, 2.75) is 0 Å². The molecule has 0 aliphatic rings. The second-order valence-corrected chi connectivity index (χ2v) is 16.0. The molecule has 2 nitrogen and oxygen atoms in total. The van der Waals surface area contributed by atoms with E-state index in [1.807, 2.05) is 11.3 Å². The molecule has 0 aliphatic carbocycles. The summed E-state index contributed by atoms with van der Waals surface area (Å²) in [4.78, 5) is 2.39. The summed E-state index contributed by atoms with van der Waals surface area (Å²) >= 11 is 1.86. The van der Waals surface area contributed by atoms with Crippen LogP contribution in [0.2, 0.25) is 0 Å². The highest BCUT2D eigenvalue weighted by molar-refractivity contribution is 7.25. The number of thiophene rings is 1. The van der Waals surface area contributed by atoms with E-state index < -0.39 is 0 Å². The Morgan fingerprint density at radius 1 is 0.351 bits per heavy atom. The fourth-order valence-electron chi connectivity index (χ4n) is 9.09. The Morgan fingerprint density at radius 3 is 1.68 bits per heavy atom. The molecule has 0 radical (unpaired) electrons. The molecule has 0 atom stereocenters. The number of benzene rings is 10. The maximum absolute atomic E-state index is 2.43. The number of hydrogen-bond donors (Lipinski definition) is 0. The minimum absolute atomic E-state index is 1.11. The zero-order valence-corrected chi connectivity index (χ0v) is 31.7. The van der Waals surface area contributed by atoms with Gasteiger partial charge in [0.1, 0.15) is 0 Å². The highest BCUT2D eigenvalue weighted by atomic mass is 32.1. The summed E-state index contributed by atoms with van der Waals surface area (Å²) in [5, 5.41) is 10.4. The smallest absolute Gasteiger partial charge is 0.0547 e. The van der Waals surface area contributed by atoms with Crippen molar-refractivity contribution in [1.82, 2.24) is 4.57 Å². The van der Waals surface area contributed by atoms with Gasteiger partial charge in [-0.25, -0.2) is 0 Å². The summed E-state index contributed by atoms with van der Waals surface area (Å²) in [7, 11) is 0. The molecule has 10 aromatic carbocycles. The number of anilines is 3. The van der Waals surface area contributed by atoms with Crippen LogP contribution in [0.1, 0.15) is 0 Å². The van der Waals surface area contributed by atoms with Crippen LogP contribution in [0.25, 0.3) is 91.5 Å². The maximum Gasteiger partial charge on any atom is 0.0547 e. The summed E-state index contributed by atoms with van der Waals surface area (Å²) in [5.74, 6) is 0. The number of fused-ring (bicyclic) bond motifs is 4. The molecule has 0 unspecified atom stereocenters. The van der Waals surface area contributed by atoms with E-state index in [9.17, 15) is 0 Å². The van der Waals surface area contributed by atoms with Gasteiger partial charge in [0, 0.05) is 53.7 Å². The van der Waals surface area contributed by atoms with Crippen LogP contribution in [0.3, 0.4) is 0 Å². The molecule has 12 aromatic rings. The summed E-state index contributed by atoms with van der Waals surface area (Å²) in [5.41, 5.74) is 11.8. The number of rotatable bonds is 6. The van der Waals surface area contributed by atoms with Crippen LogP contribution in [0.15, 0.2) is 206 Å². The number of nitrogens with zero attached hydrogens (tertiary/aromatic N) is 2. The van der Waals surface area contributed by atoms with Gasteiger partial charge in [0.25, 0.3) is 0 Å². The SMILES string of the molecule is c1cc(-c2ccc(N(c3ccc(-c4cccc5ccccc45)cc3)c3ccc4c(c3)sc3ccccc34)cc2)cc(-n2c3cccc4ccc5cccc2c5c43)c1. The molecule has 2 aromatic heterocycles. The quantitative estimate of drug-likeness (QED) is 0.154. The van der Waals surface area contributed by atoms with Crippen molar-refractivity contribution in [2.24, 2.45) is 0 Å². The molecule has 0 amide bonds. The molecular weight excluding hydrogens is 709 g/mol. The Hall–Kier alpha value is -7.20. The van der Waals surface area contributed by atoms with E-state index in [4.69, 9.17) is 0 Å². The van der Waals surface area contributed by atoms with Crippen LogP contribution in [-0.2, 0) is 0 Å². The van der Waals surface area contributed by atoms with E-state index >= 15 is 0 Å². The first kappa shape index (κ1) is 32.1. The Kier molecular flexibility index (Phi) is 7.13. The maximum atomic E-state index is 2.43. The lowest BCUT2D eigenvalue weighted by atomic mass is 9.98. The lowest BCUT2D eigenvalue weighted by Gasteiger charge is -2.26. The minimum Gasteiger partial charge on any atom is -0.310 e. The van der Waals surface area contributed by atoms with E-state index in [-0.39, 0.29) is 0 Å². The van der Waals surface area contributed by atoms with Crippen LogP contribution in [-0.4, -0.2) is 4.57 Å². The van der Waals surface area contributed by atoms with E-state index in [0.717, 1.165) is 22.7 Å². The van der Waals surface area contributed by atoms with E-state index in [2.05, 4.69) is 216 Å². The van der Waals surface area contributed by atoms with Gasteiger partial charge in [-0.1, -0.05) is 140 Å². The van der Waals surface area contributed by atoms with Crippen molar-refractivity contribution < 1.29 is 0 Å². The molecule has 0 fully saturated rings. The average molecular weight is 743 g/mol. The van der Waals surface area contributed by atoms with Crippen molar-refractivity contribution >= 4 is 91.9 Å². The highest BCUT2D eigenvalue weighted by Crippen LogP contribution is 2.43. The fraction of sp³-hybridized carbons (Fsp3) is 0. The largest absolute Gasteiger partial charge is 0.310 e. The third-order valence-corrected chi connectivity index (χ3v) is 12.9. The summed E-state index contributed by atoms with van der Waals surface area (Å²) in [6.45, 7) is 0. The van der Waals surface area contributed by atoms with Crippen LogP contribution in [0.4, 0.5) is 17.1 Å². The monoisotopic (exact) mass is 742 g/mol. The van der Waals surface area contributed by atoms with Gasteiger partial charge in [0.2, 0.25) is 0 Å². The topological polar surface area (TPSA) is 8.17 Å². The van der Waals surface area contributed by atoms with Crippen LogP contribution < -0.4 is 4.90 Å². The van der Waals surface area contributed by atoms with Crippen molar-refractivity contribution in [3.63, 3.8) is 0 Å². The van der Waals surface area contributed by atoms with Gasteiger partial charge in [-0.3, -0.25) is 0 Å². The van der Waals surface area contributed by atoms with Gasteiger partial charge in [-0.05, 0) is 111 Å². The third-order valence-electron chi connectivity index (χ3n) is 11.7. The average Bonchev–Trinajstić information content (AvgIpc) is 3.82. The predicted molar refractivity (Wildman–Crippen MR) is 245 cm³/mol. The lowest BCUT2D eigenvalue weighted by molar-refractivity contribution is 1.18. The van der Waals surface area contributed by atoms with Gasteiger partial charge >= 0.3 is 0 Å². The van der Waals surface area contributed by atoms with Gasteiger partial charge < -0.3 is 9.47 Å². The molecule has 12 rings (SSSR count). The number of hydrogen-bond acceptors (Lipinski definition) is 2. The van der Waals surface area contributed by atoms with Crippen LogP contribution in [0, 0.1) is 0 Å². The molecule has 0 saturated carbocycles. The summed E-state index contributed by atoms with van der Waals surface area (Å²) < 4.78 is 5.03. The van der Waals surface area contributed by atoms with Gasteiger partial charge in [-0.15, -0.1) is 11.3 Å². The first-order chi connectivity index (χ1) is 28.2. The Bertz CT molecular complexity index is 3390. The zero-order valence-electron chi connectivity index (χ0n) is 30.9. The number of aromatic nitrogens is 1. The minimum atomic E-state index is 1.11. The van der Waals surface area contributed by atoms with Crippen molar-refractivity contribution in [1.29, 1.82) is 0 Å². The predicted octanol–water partition coefficient (Wildman–Crippen LogP) is 15.7. The molecule has 0 spiro atoms. The Morgan fingerprint density at radius 2 is 0.930 bits per heavy atom. The first-order valence-electron chi connectivity index (χ1n) is 19.5. The zero-order chi connectivity index (χ0) is 37.5. The van der Waals surface area contributed by atoms with E-state index in [1.54, 1.807) is 0 Å². The van der Waals surface area contributed by atoms with E-state index in [1.165, 1.54) is 85.8 Å². The van der Waals surface area contributed by atoms with Crippen molar-refractivity contribution in [3.8, 4) is 27.9 Å². The second-order valence-electron chi connectivity index (χ2n) is 14.9. The third kappa shape index (κ3) is 5.10. The molecule has 0 N–H and O–H groups in total. The summed E-state index contributed by atoms with van der Waals surface area (Å²) in [6, 6.07) is 75.7. The molecule has 0 saturated heterocycles. The van der Waals surface area contributed by atoms with Gasteiger partial charge in [0.05, 0.1) is 11.0 Å². The highest BCUT2D eigenvalue weighted by Gasteiger charge is 2.18. The van der Waals surface area contributed by atoms with Crippen LogP contribution >= 0.6 is 11.3 Å². The van der Waals surface area contributed by atoms with Crippen molar-refractivity contribution in [2.75, 3.05) is 4.90 Å². The normalized spacial score (nSPS) is 11.9. The molecule has 266 valence electrons.